The molecule has 1 aliphatic rings. The Hall–Kier alpha value is 0.650. The van der Waals surface area contributed by atoms with Crippen LogP contribution in [0.15, 0.2) is 0 Å². The van der Waals surface area contributed by atoms with E-state index in [4.69, 9.17) is 4.74 Å². The monoisotopic (exact) mass is 269 g/mol. The van der Waals surface area contributed by atoms with Crippen LogP contribution in [0.3, 0.4) is 0 Å². The maximum absolute atomic E-state index is 5.43. The van der Waals surface area contributed by atoms with Crippen molar-refractivity contribution in [3.05, 3.63) is 0 Å². The Morgan fingerprint density at radius 1 is 1.45 bits per heavy atom. The zero-order chi connectivity index (χ0) is 8.16. The molecule has 1 heterocycles. The maximum atomic E-state index is 5.43. The van der Waals surface area contributed by atoms with Gasteiger partial charge in [0.25, 0.3) is 0 Å². The molecule has 1 N–H and O–H groups in total. The fraction of sp³-hybridized carbons (Fsp3) is 1.00. The van der Waals surface area contributed by atoms with Crippen LogP contribution < -0.4 is 5.32 Å². The van der Waals surface area contributed by atoms with Gasteiger partial charge in [0.1, 0.15) is 0 Å². The number of ether oxygens (including phenoxy) is 1. The molecule has 1 fully saturated rings. The van der Waals surface area contributed by atoms with Crippen LogP contribution in [0.4, 0.5) is 0 Å². The molecule has 1 saturated heterocycles. The highest BCUT2D eigenvalue weighted by Crippen LogP contribution is 2.27. The van der Waals surface area contributed by atoms with Crippen LogP contribution in [0.1, 0.15) is 19.8 Å². The lowest BCUT2D eigenvalue weighted by Crippen LogP contribution is -2.37. The minimum absolute atomic E-state index is 0.441. The van der Waals surface area contributed by atoms with E-state index < -0.39 is 0 Å². The molecule has 0 unspecified atom stereocenters. The zero-order valence-electron chi connectivity index (χ0n) is 7.03. The first-order valence-corrected chi connectivity index (χ1v) is 5.64. The quantitative estimate of drug-likeness (QED) is 0.623. The number of hydrogen-bond acceptors (Lipinski definition) is 2. The fourth-order valence-electron chi connectivity index (χ4n) is 1.46. The van der Waals surface area contributed by atoms with E-state index >= 15 is 0 Å². The molecule has 0 aromatic rings. The first-order valence-electron chi connectivity index (χ1n) is 4.11. The highest BCUT2D eigenvalue weighted by atomic mass is 127. The van der Waals surface area contributed by atoms with Crippen molar-refractivity contribution in [1.29, 1.82) is 0 Å². The number of alkyl halides is 1. The van der Waals surface area contributed by atoms with Gasteiger partial charge in [0.2, 0.25) is 0 Å². The molecule has 1 aliphatic heterocycles. The third kappa shape index (κ3) is 3.25. The molecular formula is C8H16INO. The van der Waals surface area contributed by atoms with E-state index in [1.54, 1.807) is 0 Å². The van der Waals surface area contributed by atoms with Crippen molar-refractivity contribution in [2.24, 2.45) is 5.41 Å². The molecule has 0 spiro atoms. The number of nitrogens with one attached hydrogen (secondary N) is 1. The molecule has 1 rings (SSSR count). The van der Waals surface area contributed by atoms with Crippen LogP contribution in [0.25, 0.3) is 0 Å². The van der Waals surface area contributed by atoms with Gasteiger partial charge in [-0.3, -0.25) is 0 Å². The van der Waals surface area contributed by atoms with Gasteiger partial charge in [-0.2, -0.15) is 0 Å². The topological polar surface area (TPSA) is 21.3 Å². The maximum Gasteiger partial charge on any atom is 0.0979 e. The lowest BCUT2D eigenvalue weighted by atomic mass is 9.82. The van der Waals surface area contributed by atoms with E-state index in [1.165, 1.54) is 12.8 Å². The molecule has 66 valence electrons. The van der Waals surface area contributed by atoms with E-state index in [-0.39, 0.29) is 0 Å². The summed E-state index contributed by atoms with van der Waals surface area (Å²) in [5, 5.41) is 3.36. The largest absolute Gasteiger partial charge is 0.371 e. The van der Waals surface area contributed by atoms with Gasteiger partial charge in [0, 0.05) is 0 Å². The lowest BCUT2D eigenvalue weighted by Gasteiger charge is -2.33. The molecule has 0 bridgehead atoms. The third-order valence-corrected chi connectivity index (χ3v) is 2.78. The van der Waals surface area contributed by atoms with Crippen molar-refractivity contribution in [2.45, 2.75) is 19.8 Å². The van der Waals surface area contributed by atoms with Gasteiger partial charge in [-0.25, -0.2) is 0 Å². The Morgan fingerprint density at radius 2 is 2.09 bits per heavy atom. The van der Waals surface area contributed by atoms with Crippen molar-refractivity contribution in [3.63, 3.8) is 0 Å². The normalized spacial score (nSPS) is 23.5. The molecule has 0 radical (unpaired) electrons. The van der Waals surface area contributed by atoms with Crippen LogP contribution >= 0.6 is 22.6 Å². The molecule has 0 aromatic heterocycles. The summed E-state index contributed by atoms with van der Waals surface area (Å²) in [6.45, 7) is 5.56. The average molecular weight is 269 g/mol. The molecular weight excluding hydrogens is 253 g/mol. The van der Waals surface area contributed by atoms with Crippen molar-refractivity contribution in [1.82, 2.24) is 5.32 Å². The smallest absolute Gasteiger partial charge is 0.0979 e. The molecule has 0 saturated carbocycles. The van der Waals surface area contributed by atoms with Crippen LogP contribution in [0, 0.1) is 5.41 Å². The highest BCUT2D eigenvalue weighted by molar-refractivity contribution is 14.1. The van der Waals surface area contributed by atoms with Gasteiger partial charge < -0.3 is 10.1 Å². The number of hydrogen-bond donors (Lipinski definition) is 1. The van der Waals surface area contributed by atoms with E-state index in [2.05, 4.69) is 34.8 Å². The summed E-state index contributed by atoms with van der Waals surface area (Å²) in [6, 6.07) is 0. The minimum Gasteiger partial charge on any atom is -0.371 e. The Bertz CT molecular complexity index is 113. The second-order valence-corrected chi connectivity index (χ2v) is 4.14. The predicted octanol–water partition coefficient (Wildman–Crippen LogP) is 1.79. The highest BCUT2D eigenvalue weighted by Gasteiger charge is 2.26. The van der Waals surface area contributed by atoms with E-state index in [9.17, 15) is 0 Å². The Kier molecular flexibility index (Phi) is 4.09. The van der Waals surface area contributed by atoms with E-state index in [0.717, 1.165) is 24.3 Å². The van der Waals surface area contributed by atoms with Gasteiger partial charge in [-0.05, 0) is 31.3 Å². The van der Waals surface area contributed by atoms with Crippen molar-refractivity contribution >= 4 is 22.6 Å². The fourth-order valence-corrected chi connectivity index (χ4v) is 1.68. The molecule has 0 aromatic carbocycles. The summed E-state index contributed by atoms with van der Waals surface area (Å²) in [4.78, 5) is 0. The van der Waals surface area contributed by atoms with Crippen molar-refractivity contribution < 1.29 is 4.74 Å². The summed E-state index contributed by atoms with van der Waals surface area (Å²) in [6.07, 6.45) is 2.51. The summed E-state index contributed by atoms with van der Waals surface area (Å²) >= 11 is 2.25. The second-order valence-electron chi connectivity index (χ2n) is 3.52. The zero-order valence-corrected chi connectivity index (χ0v) is 9.19. The molecule has 3 heteroatoms. The van der Waals surface area contributed by atoms with Gasteiger partial charge in [-0.1, -0.05) is 29.5 Å². The van der Waals surface area contributed by atoms with Crippen LogP contribution in [-0.4, -0.2) is 24.3 Å². The molecule has 2 nitrogen and oxygen atoms in total. The number of halogens is 1. The van der Waals surface area contributed by atoms with Gasteiger partial charge >= 0.3 is 0 Å². The van der Waals surface area contributed by atoms with Crippen molar-refractivity contribution in [2.75, 3.05) is 24.3 Å². The summed E-state index contributed by atoms with van der Waals surface area (Å²) in [5.74, 6) is 0. The van der Waals surface area contributed by atoms with Crippen LogP contribution in [0.2, 0.25) is 0 Å². The van der Waals surface area contributed by atoms with Gasteiger partial charge in [0.05, 0.1) is 11.2 Å². The molecule has 0 aliphatic carbocycles. The first kappa shape index (κ1) is 9.74. The summed E-state index contributed by atoms with van der Waals surface area (Å²) in [7, 11) is 0. The number of piperidine rings is 1. The Labute approximate surface area is 82.2 Å². The second kappa shape index (κ2) is 4.62. The number of rotatable bonds is 3. The van der Waals surface area contributed by atoms with E-state index in [0.29, 0.717) is 5.41 Å². The third-order valence-electron chi connectivity index (χ3n) is 2.34. The minimum atomic E-state index is 0.441. The SMILES string of the molecule is CC1(COCI)CCNCC1. The average Bonchev–Trinajstić information content (AvgIpc) is 2.03. The Balaban J connectivity index is 2.25. The predicted molar refractivity (Wildman–Crippen MR) is 55.0 cm³/mol. The van der Waals surface area contributed by atoms with Gasteiger partial charge in [-0.15, -0.1) is 0 Å². The Morgan fingerprint density at radius 3 is 2.64 bits per heavy atom. The van der Waals surface area contributed by atoms with E-state index in [1.807, 2.05) is 0 Å². The molecule has 0 atom stereocenters. The van der Waals surface area contributed by atoms with Crippen LogP contribution in [0.5, 0.6) is 0 Å². The summed E-state index contributed by atoms with van der Waals surface area (Å²) < 4.78 is 6.26. The summed E-state index contributed by atoms with van der Waals surface area (Å²) in [5.41, 5.74) is 0.441. The molecule has 0 amide bonds. The standard InChI is InChI=1S/C8H16INO/c1-8(6-11-7-9)2-4-10-5-3-8/h10H,2-7H2,1H3. The van der Waals surface area contributed by atoms with Crippen molar-refractivity contribution in [3.8, 4) is 0 Å². The van der Waals surface area contributed by atoms with Crippen LogP contribution in [-0.2, 0) is 4.74 Å². The molecule has 11 heavy (non-hydrogen) atoms. The first-order chi connectivity index (χ1) is 5.27. The van der Waals surface area contributed by atoms with Gasteiger partial charge in [0.15, 0.2) is 0 Å². The lowest BCUT2D eigenvalue weighted by molar-refractivity contribution is 0.0643.